The third-order valence-corrected chi connectivity index (χ3v) is 4.08. The average Bonchev–Trinajstić information content (AvgIpc) is 2.48. The van der Waals surface area contributed by atoms with Gasteiger partial charge < -0.3 is 10.1 Å². The van der Waals surface area contributed by atoms with Crippen LogP contribution < -0.4 is 5.32 Å². The molecule has 0 radical (unpaired) electrons. The number of hydrogen-bond acceptors (Lipinski definition) is 2. The van der Waals surface area contributed by atoms with E-state index in [0.717, 1.165) is 31.7 Å². The lowest BCUT2D eigenvalue weighted by atomic mass is 9.83. The molecule has 0 bridgehead atoms. The highest BCUT2D eigenvalue weighted by Crippen LogP contribution is 2.38. The third kappa shape index (κ3) is 3.40. The zero-order chi connectivity index (χ0) is 15.5. The molecule has 0 aromatic heterocycles. The lowest BCUT2D eigenvalue weighted by molar-refractivity contribution is -0.0904. The van der Waals surface area contributed by atoms with Gasteiger partial charge in [0.1, 0.15) is 0 Å². The maximum absolute atomic E-state index is 14.2. The third-order valence-electron chi connectivity index (χ3n) is 4.08. The molecule has 2 nitrogen and oxygen atoms in total. The molecule has 118 valence electrons. The molecule has 2 unspecified atom stereocenters. The zero-order valence-electron chi connectivity index (χ0n) is 12.5. The van der Waals surface area contributed by atoms with Crippen LogP contribution in [0.3, 0.4) is 0 Å². The van der Waals surface area contributed by atoms with E-state index in [9.17, 15) is 13.2 Å². The van der Waals surface area contributed by atoms with E-state index in [1.54, 1.807) is 0 Å². The van der Waals surface area contributed by atoms with Crippen molar-refractivity contribution in [1.29, 1.82) is 0 Å². The molecule has 0 aliphatic carbocycles. The van der Waals surface area contributed by atoms with Crippen molar-refractivity contribution < 1.29 is 17.9 Å². The molecule has 2 atom stereocenters. The van der Waals surface area contributed by atoms with E-state index in [2.05, 4.69) is 5.32 Å². The van der Waals surface area contributed by atoms with Gasteiger partial charge >= 0.3 is 0 Å². The van der Waals surface area contributed by atoms with Crippen molar-refractivity contribution in [2.75, 3.05) is 13.2 Å². The summed E-state index contributed by atoms with van der Waals surface area (Å²) in [7, 11) is 0. The van der Waals surface area contributed by atoms with Gasteiger partial charge in [0.25, 0.3) is 0 Å². The van der Waals surface area contributed by atoms with Gasteiger partial charge in [0.2, 0.25) is 0 Å². The second-order valence-corrected chi connectivity index (χ2v) is 5.77. The summed E-state index contributed by atoms with van der Waals surface area (Å²) in [6, 6.07) is 1.79. The van der Waals surface area contributed by atoms with Gasteiger partial charge in [-0.3, -0.25) is 0 Å². The van der Waals surface area contributed by atoms with Crippen LogP contribution in [0.15, 0.2) is 12.1 Å². The van der Waals surface area contributed by atoms with Crippen LogP contribution in [0.4, 0.5) is 13.2 Å². The van der Waals surface area contributed by atoms with Gasteiger partial charge in [0, 0.05) is 12.2 Å². The van der Waals surface area contributed by atoms with Crippen LogP contribution in [0.5, 0.6) is 0 Å². The largest absolute Gasteiger partial charge is 0.373 e. The summed E-state index contributed by atoms with van der Waals surface area (Å²) in [5, 5.41) is 3.23. The molecule has 0 saturated carbocycles. The molecule has 5 heteroatoms. The Morgan fingerprint density at radius 1 is 1.24 bits per heavy atom. The first kappa shape index (κ1) is 16.3. The molecular weight excluding hydrogens is 279 g/mol. The summed E-state index contributed by atoms with van der Waals surface area (Å²) in [6.45, 7) is 5.16. The fourth-order valence-electron chi connectivity index (χ4n) is 2.89. The summed E-state index contributed by atoms with van der Waals surface area (Å²) in [4.78, 5) is 0. The van der Waals surface area contributed by atoms with Crippen molar-refractivity contribution in [2.45, 2.75) is 51.2 Å². The molecule has 1 aromatic rings. The monoisotopic (exact) mass is 301 g/mol. The predicted octanol–water partition coefficient (Wildman–Crippen LogP) is 4.10. The first-order valence-electron chi connectivity index (χ1n) is 7.50. The molecular formula is C16H22F3NO. The van der Waals surface area contributed by atoms with Crippen molar-refractivity contribution in [1.82, 2.24) is 5.32 Å². The van der Waals surface area contributed by atoms with E-state index in [1.165, 1.54) is 6.07 Å². The summed E-state index contributed by atoms with van der Waals surface area (Å²) in [5.74, 6) is -3.71. The smallest absolute Gasteiger partial charge is 0.194 e. The standard InChI is InChI=1S/C16H22F3NO/c1-3-9-20-15(16(2)8-4-5-10-21-16)11-6-7-12(17)14(19)13(11)18/h6-7,15,20H,3-5,8-10H2,1-2H3. The fourth-order valence-corrected chi connectivity index (χ4v) is 2.89. The van der Waals surface area contributed by atoms with E-state index in [1.807, 2.05) is 13.8 Å². The number of benzene rings is 1. The zero-order valence-corrected chi connectivity index (χ0v) is 12.5. The summed E-state index contributed by atoms with van der Waals surface area (Å²) in [6.07, 6.45) is 3.56. The minimum atomic E-state index is -1.42. The summed E-state index contributed by atoms with van der Waals surface area (Å²) < 4.78 is 46.7. The van der Waals surface area contributed by atoms with E-state index in [0.29, 0.717) is 13.2 Å². The number of nitrogens with one attached hydrogen (secondary N) is 1. The molecule has 1 fully saturated rings. The van der Waals surface area contributed by atoms with E-state index in [4.69, 9.17) is 4.74 Å². The molecule has 1 aromatic carbocycles. The van der Waals surface area contributed by atoms with E-state index >= 15 is 0 Å². The molecule has 0 spiro atoms. The first-order valence-corrected chi connectivity index (χ1v) is 7.50. The van der Waals surface area contributed by atoms with Gasteiger partial charge in [-0.2, -0.15) is 0 Å². The topological polar surface area (TPSA) is 21.3 Å². The van der Waals surface area contributed by atoms with E-state index in [-0.39, 0.29) is 5.56 Å². The van der Waals surface area contributed by atoms with Crippen LogP contribution in [-0.4, -0.2) is 18.8 Å². The second-order valence-electron chi connectivity index (χ2n) is 5.77. The quantitative estimate of drug-likeness (QED) is 0.827. The summed E-state index contributed by atoms with van der Waals surface area (Å²) >= 11 is 0. The fraction of sp³-hybridized carbons (Fsp3) is 0.625. The Bertz CT molecular complexity index is 487. The molecule has 1 saturated heterocycles. The van der Waals surface area contributed by atoms with Gasteiger partial charge in [-0.15, -0.1) is 0 Å². The Morgan fingerprint density at radius 3 is 2.62 bits per heavy atom. The normalized spacial score (nSPS) is 24.0. The number of hydrogen-bond donors (Lipinski definition) is 1. The number of halogens is 3. The second kappa shape index (κ2) is 6.79. The molecule has 2 rings (SSSR count). The predicted molar refractivity (Wildman–Crippen MR) is 75.6 cm³/mol. The molecule has 1 aliphatic heterocycles. The Morgan fingerprint density at radius 2 is 2.00 bits per heavy atom. The van der Waals surface area contributed by atoms with Crippen LogP contribution >= 0.6 is 0 Å². The van der Waals surface area contributed by atoms with Crippen LogP contribution in [0.25, 0.3) is 0 Å². The SMILES string of the molecule is CCCNC(c1ccc(F)c(F)c1F)C1(C)CCCCO1. The van der Waals surface area contributed by atoms with Gasteiger partial charge in [-0.25, -0.2) is 13.2 Å². The highest BCUT2D eigenvalue weighted by atomic mass is 19.2. The van der Waals surface area contributed by atoms with Crippen molar-refractivity contribution in [3.8, 4) is 0 Å². The molecule has 1 heterocycles. The molecule has 21 heavy (non-hydrogen) atoms. The first-order chi connectivity index (χ1) is 9.99. The minimum Gasteiger partial charge on any atom is -0.373 e. The summed E-state index contributed by atoms with van der Waals surface area (Å²) in [5.41, 5.74) is -0.481. The maximum Gasteiger partial charge on any atom is 0.194 e. The van der Waals surface area contributed by atoms with Crippen LogP contribution in [0, 0.1) is 17.5 Å². The highest BCUT2D eigenvalue weighted by Gasteiger charge is 2.39. The van der Waals surface area contributed by atoms with Crippen molar-refractivity contribution >= 4 is 0 Å². The van der Waals surface area contributed by atoms with Crippen molar-refractivity contribution in [3.05, 3.63) is 35.1 Å². The minimum absolute atomic E-state index is 0.131. The highest BCUT2D eigenvalue weighted by molar-refractivity contribution is 5.26. The van der Waals surface area contributed by atoms with E-state index < -0.39 is 29.1 Å². The van der Waals surface area contributed by atoms with Crippen LogP contribution in [-0.2, 0) is 4.74 Å². The van der Waals surface area contributed by atoms with Gasteiger partial charge in [-0.05, 0) is 45.2 Å². The number of rotatable bonds is 5. The lowest BCUT2D eigenvalue weighted by Gasteiger charge is -2.41. The Kier molecular flexibility index (Phi) is 5.27. The molecule has 1 N–H and O–H groups in total. The molecule has 1 aliphatic rings. The van der Waals surface area contributed by atoms with Gasteiger partial charge in [0.15, 0.2) is 17.5 Å². The lowest BCUT2D eigenvalue weighted by Crippen LogP contribution is -2.46. The Balaban J connectivity index is 2.38. The van der Waals surface area contributed by atoms with Crippen LogP contribution in [0.1, 0.15) is 51.1 Å². The van der Waals surface area contributed by atoms with Crippen LogP contribution in [0.2, 0.25) is 0 Å². The molecule has 0 amide bonds. The average molecular weight is 301 g/mol. The van der Waals surface area contributed by atoms with Gasteiger partial charge in [-0.1, -0.05) is 13.0 Å². The van der Waals surface area contributed by atoms with Gasteiger partial charge in [0.05, 0.1) is 11.6 Å². The Hall–Kier alpha value is -1.07. The Labute approximate surface area is 123 Å². The van der Waals surface area contributed by atoms with Crippen molar-refractivity contribution in [3.63, 3.8) is 0 Å². The van der Waals surface area contributed by atoms with Crippen molar-refractivity contribution in [2.24, 2.45) is 0 Å². The number of ether oxygens (including phenoxy) is 1. The maximum atomic E-state index is 14.2.